The van der Waals surface area contributed by atoms with Crippen LogP contribution in [0.2, 0.25) is 0 Å². The Morgan fingerprint density at radius 2 is 1.67 bits per heavy atom. The summed E-state index contributed by atoms with van der Waals surface area (Å²) in [6, 6.07) is 22.0. The van der Waals surface area contributed by atoms with Crippen molar-refractivity contribution in [1.82, 2.24) is 9.88 Å². The maximum atomic E-state index is 12.9. The van der Waals surface area contributed by atoms with Crippen molar-refractivity contribution in [2.45, 2.75) is 32.3 Å². The topological polar surface area (TPSA) is 42.4 Å². The fraction of sp³-hybridized carbons (Fsp3) is 0.308. The third kappa shape index (κ3) is 5.47. The Balaban J connectivity index is 1.23. The Bertz CT molecular complexity index is 918. The molecule has 0 aliphatic carbocycles. The second-order valence-corrected chi connectivity index (χ2v) is 7.93. The molecule has 1 aliphatic heterocycles. The predicted octanol–water partition coefficient (Wildman–Crippen LogP) is 5.15. The number of likely N-dealkylation sites (tertiary alicyclic amines) is 1. The minimum atomic E-state index is 0.121. The van der Waals surface area contributed by atoms with Gasteiger partial charge in [0.2, 0.25) is 0 Å². The van der Waals surface area contributed by atoms with E-state index in [1.807, 2.05) is 41.3 Å². The number of ether oxygens (including phenoxy) is 1. The van der Waals surface area contributed by atoms with Crippen LogP contribution >= 0.6 is 0 Å². The highest BCUT2D eigenvalue weighted by molar-refractivity contribution is 5.94. The van der Waals surface area contributed by atoms with Gasteiger partial charge in [0.05, 0.1) is 0 Å². The zero-order valence-electron chi connectivity index (χ0n) is 17.2. The van der Waals surface area contributed by atoms with Crippen molar-refractivity contribution in [3.05, 3.63) is 95.8 Å². The molecule has 1 fully saturated rings. The monoisotopic (exact) mass is 400 g/mol. The van der Waals surface area contributed by atoms with Gasteiger partial charge in [-0.25, -0.2) is 0 Å². The van der Waals surface area contributed by atoms with Crippen molar-refractivity contribution in [3.63, 3.8) is 0 Å². The number of carbonyl (C=O) groups is 1. The highest BCUT2D eigenvalue weighted by Crippen LogP contribution is 2.24. The standard InChI is InChI=1S/C26H28N2O2/c29-26(24-10-12-25(13-11-24)30-20-23-7-4-16-27-19-23)28-17-14-22(15-18-28)9-8-21-5-2-1-3-6-21/h1-7,10-13,16,19,22H,8-9,14-15,17-18,20H2. The van der Waals surface area contributed by atoms with Crippen molar-refractivity contribution in [3.8, 4) is 5.75 Å². The van der Waals surface area contributed by atoms with E-state index in [0.29, 0.717) is 12.5 Å². The van der Waals surface area contributed by atoms with E-state index in [-0.39, 0.29) is 5.91 Å². The van der Waals surface area contributed by atoms with Gasteiger partial charge in [0.15, 0.2) is 0 Å². The summed E-state index contributed by atoms with van der Waals surface area (Å²) in [5, 5.41) is 0. The largest absolute Gasteiger partial charge is 0.489 e. The maximum Gasteiger partial charge on any atom is 0.253 e. The fourth-order valence-electron chi connectivity index (χ4n) is 3.97. The van der Waals surface area contributed by atoms with Gasteiger partial charge in [-0.05, 0) is 67.5 Å². The first-order valence-corrected chi connectivity index (χ1v) is 10.7. The Hall–Kier alpha value is -3.14. The van der Waals surface area contributed by atoms with E-state index in [2.05, 4.69) is 35.3 Å². The first-order valence-electron chi connectivity index (χ1n) is 10.7. The van der Waals surface area contributed by atoms with Gasteiger partial charge in [0.25, 0.3) is 5.91 Å². The summed E-state index contributed by atoms with van der Waals surface area (Å²) < 4.78 is 5.78. The van der Waals surface area contributed by atoms with Crippen molar-refractivity contribution >= 4 is 5.91 Å². The lowest BCUT2D eigenvalue weighted by molar-refractivity contribution is 0.0687. The summed E-state index contributed by atoms with van der Waals surface area (Å²) in [4.78, 5) is 18.9. The quantitative estimate of drug-likeness (QED) is 0.551. The number of benzene rings is 2. The number of carbonyl (C=O) groups excluding carboxylic acids is 1. The van der Waals surface area contributed by atoms with E-state index < -0.39 is 0 Å². The summed E-state index contributed by atoms with van der Waals surface area (Å²) >= 11 is 0. The number of nitrogens with zero attached hydrogens (tertiary/aromatic N) is 2. The Morgan fingerprint density at radius 1 is 0.933 bits per heavy atom. The van der Waals surface area contributed by atoms with Crippen molar-refractivity contribution < 1.29 is 9.53 Å². The molecule has 0 radical (unpaired) electrons. The molecule has 0 saturated carbocycles. The molecule has 0 N–H and O–H groups in total. The second kappa shape index (κ2) is 10.1. The average Bonchev–Trinajstić information content (AvgIpc) is 2.83. The number of rotatable bonds is 7. The zero-order chi connectivity index (χ0) is 20.6. The van der Waals surface area contributed by atoms with Crippen molar-refractivity contribution in [2.24, 2.45) is 5.92 Å². The summed E-state index contributed by atoms with van der Waals surface area (Å²) in [6.07, 6.45) is 8.04. The number of hydrogen-bond acceptors (Lipinski definition) is 3. The first kappa shape index (κ1) is 20.1. The van der Waals surface area contributed by atoms with E-state index in [1.54, 1.807) is 12.4 Å². The van der Waals surface area contributed by atoms with Gasteiger partial charge in [-0.3, -0.25) is 9.78 Å². The van der Waals surface area contributed by atoms with Crippen LogP contribution in [0.5, 0.6) is 5.75 Å². The van der Waals surface area contributed by atoms with Crippen LogP contribution in [0.4, 0.5) is 0 Å². The minimum Gasteiger partial charge on any atom is -0.489 e. The van der Waals surface area contributed by atoms with Gasteiger partial charge in [0, 0.05) is 36.6 Å². The average molecular weight is 401 g/mol. The first-order chi connectivity index (χ1) is 14.8. The molecule has 0 spiro atoms. The van der Waals surface area contributed by atoms with Crippen LogP contribution in [-0.2, 0) is 13.0 Å². The van der Waals surface area contributed by atoms with Crippen LogP contribution < -0.4 is 4.74 Å². The Labute approximate surface area is 178 Å². The Kier molecular flexibility index (Phi) is 6.75. The van der Waals surface area contributed by atoms with Crippen LogP contribution in [0.15, 0.2) is 79.1 Å². The van der Waals surface area contributed by atoms with Gasteiger partial charge in [-0.2, -0.15) is 0 Å². The Morgan fingerprint density at radius 3 is 2.37 bits per heavy atom. The third-order valence-electron chi connectivity index (χ3n) is 5.82. The maximum absolute atomic E-state index is 12.9. The van der Waals surface area contributed by atoms with Crippen LogP contribution in [0.3, 0.4) is 0 Å². The number of aromatic nitrogens is 1. The van der Waals surface area contributed by atoms with E-state index in [0.717, 1.165) is 49.2 Å². The molecule has 1 aliphatic rings. The predicted molar refractivity (Wildman–Crippen MR) is 118 cm³/mol. The van der Waals surface area contributed by atoms with Crippen LogP contribution in [0.25, 0.3) is 0 Å². The van der Waals surface area contributed by atoms with Crippen LogP contribution in [-0.4, -0.2) is 28.9 Å². The highest BCUT2D eigenvalue weighted by atomic mass is 16.5. The summed E-state index contributed by atoms with van der Waals surface area (Å²) in [5.74, 6) is 1.59. The van der Waals surface area contributed by atoms with Gasteiger partial charge in [0.1, 0.15) is 12.4 Å². The van der Waals surface area contributed by atoms with E-state index in [1.165, 1.54) is 12.0 Å². The number of amides is 1. The SMILES string of the molecule is O=C(c1ccc(OCc2cccnc2)cc1)N1CCC(CCc2ccccc2)CC1. The fourth-order valence-corrected chi connectivity index (χ4v) is 3.97. The molecule has 154 valence electrons. The zero-order valence-corrected chi connectivity index (χ0v) is 17.2. The van der Waals surface area contributed by atoms with Crippen LogP contribution in [0, 0.1) is 5.92 Å². The molecule has 1 saturated heterocycles. The lowest BCUT2D eigenvalue weighted by Crippen LogP contribution is -2.38. The number of hydrogen-bond donors (Lipinski definition) is 0. The molecule has 3 aromatic rings. The van der Waals surface area contributed by atoms with Gasteiger partial charge >= 0.3 is 0 Å². The molecule has 1 amide bonds. The molecule has 0 unspecified atom stereocenters. The molecule has 0 bridgehead atoms. The van der Waals surface area contributed by atoms with Gasteiger partial charge in [-0.15, -0.1) is 0 Å². The molecule has 30 heavy (non-hydrogen) atoms. The highest BCUT2D eigenvalue weighted by Gasteiger charge is 2.23. The molecule has 2 aromatic carbocycles. The van der Waals surface area contributed by atoms with Crippen molar-refractivity contribution in [1.29, 1.82) is 0 Å². The molecule has 4 nitrogen and oxygen atoms in total. The smallest absolute Gasteiger partial charge is 0.253 e. The lowest BCUT2D eigenvalue weighted by atomic mass is 9.90. The lowest BCUT2D eigenvalue weighted by Gasteiger charge is -2.32. The molecule has 0 atom stereocenters. The molecular formula is C26H28N2O2. The molecule has 4 rings (SSSR count). The molecule has 2 heterocycles. The molecule has 1 aromatic heterocycles. The summed E-state index contributed by atoms with van der Waals surface area (Å²) in [5.41, 5.74) is 3.15. The van der Waals surface area contributed by atoms with E-state index in [9.17, 15) is 4.79 Å². The number of pyridine rings is 1. The van der Waals surface area contributed by atoms with E-state index in [4.69, 9.17) is 4.74 Å². The van der Waals surface area contributed by atoms with Crippen LogP contribution in [0.1, 0.15) is 40.7 Å². The number of aryl methyl sites for hydroxylation is 1. The normalized spacial score (nSPS) is 14.5. The third-order valence-corrected chi connectivity index (χ3v) is 5.82. The number of piperidine rings is 1. The van der Waals surface area contributed by atoms with Gasteiger partial charge < -0.3 is 9.64 Å². The summed E-state index contributed by atoms with van der Waals surface area (Å²) in [7, 11) is 0. The molecular weight excluding hydrogens is 372 g/mol. The molecule has 4 heteroatoms. The minimum absolute atomic E-state index is 0.121. The van der Waals surface area contributed by atoms with Crippen molar-refractivity contribution in [2.75, 3.05) is 13.1 Å². The second-order valence-electron chi connectivity index (χ2n) is 7.93. The van der Waals surface area contributed by atoms with Gasteiger partial charge in [-0.1, -0.05) is 36.4 Å². The van der Waals surface area contributed by atoms with E-state index >= 15 is 0 Å². The summed E-state index contributed by atoms with van der Waals surface area (Å²) in [6.45, 7) is 2.16.